The number of hydrogen-bond donors (Lipinski definition) is 2. The van der Waals surface area contributed by atoms with Gasteiger partial charge >= 0.3 is 0 Å². The quantitative estimate of drug-likeness (QED) is 0.579. The highest BCUT2D eigenvalue weighted by Crippen LogP contribution is 2.17. The van der Waals surface area contributed by atoms with Crippen molar-refractivity contribution in [2.45, 2.75) is 11.7 Å². The second kappa shape index (κ2) is 9.38. The lowest BCUT2D eigenvalue weighted by Crippen LogP contribution is -2.24. The molecule has 2 amide bonds. The van der Waals surface area contributed by atoms with Gasteiger partial charge in [0.25, 0.3) is 5.91 Å². The van der Waals surface area contributed by atoms with E-state index in [0.717, 1.165) is 0 Å². The summed E-state index contributed by atoms with van der Waals surface area (Å²) in [7, 11) is 1.80. The van der Waals surface area contributed by atoms with Crippen LogP contribution in [0, 0.1) is 0 Å². The highest BCUT2D eigenvalue weighted by molar-refractivity contribution is 7.99. The molecule has 2 N–H and O–H groups in total. The molecular formula is C19H18ClN5O2S. The fraction of sp³-hybridized carbons (Fsp3) is 0.158. The van der Waals surface area contributed by atoms with Gasteiger partial charge in [-0.05, 0) is 36.4 Å². The first-order valence-corrected chi connectivity index (χ1v) is 9.79. The standard InChI is InChI=1S/C19H18ClN5O2S/c1-25-16(11-21-18(27)13-5-3-2-4-6-13)23-24-19(25)28-12-17(26)22-15-9-7-14(20)8-10-15/h2-10H,11-12H2,1H3,(H,21,27)(H,22,26). The molecule has 0 aliphatic heterocycles. The van der Waals surface area contributed by atoms with Gasteiger partial charge in [-0.3, -0.25) is 9.59 Å². The average molecular weight is 416 g/mol. The largest absolute Gasteiger partial charge is 0.345 e. The molecule has 28 heavy (non-hydrogen) atoms. The summed E-state index contributed by atoms with van der Waals surface area (Å²) in [4.78, 5) is 24.2. The van der Waals surface area contributed by atoms with Crippen molar-refractivity contribution in [3.63, 3.8) is 0 Å². The maximum absolute atomic E-state index is 12.1. The first-order chi connectivity index (χ1) is 13.5. The van der Waals surface area contributed by atoms with Gasteiger partial charge in [0.2, 0.25) is 5.91 Å². The minimum Gasteiger partial charge on any atom is -0.345 e. The molecule has 9 heteroatoms. The first-order valence-electron chi connectivity index (χ1n) is 8.42. The molecule has 0 unspecified atom stereocenters. The molecule has 0 saturated heterocycles. The SMILES string of the molecule is Cn1c(CNC(=O)c2ccccc2)nnc1SCC(=O)Nc1ccc(Cl)cc1. The Morgan fingerprint density at radius 1 is 1.07 bits per heavy atom. The monoisotopic (exact) mass is 415 g/mol. The van der Waals surface area contributed by atoms with Crippen LogP contribution in [-0.2, 0) is 18.4 Å². The van der Waals surface area contributed by atoms with E-state index in [1.54, 1.807) is 60.1 Å². The molecular weight excluding hydrogens is 398 g/mol. The number of carbonyl (C=O) groups is 2. The predicted molar refractivity (Wildman–Crippen MR) is 109 cm³/mol. The van der Waals surface area contributed by atoms with Crippen LogP contribution in [0.4, 0.5) is 5.69 Å². The Balaban J connectivity index is 1.50. The second-order valence-electron chi connectivity index (χ2n) is 5.85. The molecule has 144 valence electrons. The second-order valence-corrected chi connectivity index (χ2v) is 7.23. The number of amides is 2. The van der Waals surface area contributed by atoms with Gasteiger partial charge in [-0.25, -0.2) is 0 Å². The third-order valence-corrected chi connectivity index (χ3v) is 5.10. The van der Waals surface area contributed by atoms with Crippen LogP contribution in [0.5, 0.6) is 0 Å². The molecule has 0 saturated carbocycles. The van der Waals surface area contributed by atoms with E-state index in [1.165, 1.54) is 11.8 Å². The summed E-state index contributed by atoms with van der Waals surface area (Å²) in [5, 5.41) is 15.0. The van der Waals surface area contributed by atoms with Gasteiger partial charge in [0, 0.05) is 23.3 Å². The minimum absolute atomic E-state index is 0.158. The van der Waals surface area contributed by atoms with Crippen molar-refractivity contribution < 1.29 is 9.59 Å². The van der Waals surface area contributed by atoms with Crippen LogP contribution in [-0.4, -0.2) is 32.3 Å². The van der Waals surface area contributed by atoms with Crippen LogP contribution >= 0.6 is 23.4 Å². The Labute approximate surface area is 171 Å². The van der Waals surface area contributed by atoms with Gasteiger partial charge in [0.15, 0.2) is 11.0 Å². The van der Waals surface area contributed by atoms with E-state index >= 15 is 0 Å². The van der Waals surface area contributed by atoms with E-state index in [2.05, 4.69) is 20.8 Å². The van der Waals surface area contributed by atoms with E-state index in [4.69, 9.17) is 11.6 Å². The van der Waals surface area contributed by atoms with Gasteiger partial charge < -0.3 is 15.2 Å². The van der Waals surface area contributed by atoms with Crippen LogP contribution < -0.4 is 10.6 Å². The lowest BCUT2D eigenvalue weighted by atomic mass is 10.2. The number of nitrogens with zero attached hydrogens (tertiary/aromatic N) is 3. The summed E-state index contributed by atoms with van der Waals surface area (Å²) >= 11 is 7.10. The van der Waals surface area contributed by atoms with Crippen molar-refractivity contribution in [1.82, 2.24) is 20.1 Å². The lowest BCUT2D eigenvalue weighted by Gasteiger charge is -2.07. The lowest BCUT2D eigenvalue weighted by molar-refractivity contribution is -0.113. The Hall–Kier alpha value is -2.84. The van der Waals surface area contributed by atoms with E-state index in [-0.39, 0.29) is 24.1 Å². The maximum atomic E-state index is 12.1. The van der Waals surface area contributed by atoms with Crippen LogP contribution in [0.1, 0.15) is 16.2 Å². The summed E-state index contributed by atoms with van der Waals surface area (Å²) < 4.78 is 1.76. The molecule has 0 bridgehead atoms. The Kier molecular flexibility index (Phi) is 6.67. The van der Waals surface area contributed by atoms with Gasteiger partial charge in [0.1, 0.15) is 0 Å². The molecule has 2 aromatic carbocycles. The minimum atomic E-state index is -0.180. The topological polar surface area (TPSA) is 88.9 Å². The first kappa shape index (κ1) is 19.9. The Bertz CT molecular complexity index is 960. The van der Waals surface area contributed by atoms with Gasteiger partial charge in [-0.1, -0.05) is 41.6 Å². The van der Waals surface area contributed by atoms with E-state index in [0.29, 0.717) is 27.3 Å². The molecule has 3 rings (SSSR count). The number of hydrogen-bond acceptors (Lipinski definition) is 5. The number of anilines is 1. The number of halogens is 1. The fourth-order valence-corrected chi connectivity index (χ4v) is 3.19. The molecule has 1 heterocycles. The summed E-state index contributed by atoms with van der Waals surface area (Å²) in [6, 6.07) is 15.8. The van der Waals surface area contributed by atoms with Crippen LogP contribution in [0.15, 0.2) is 59.8 Å². The third-order valence-electron chi connectivity index (χ3n) is 3.83. The summed E-state index contributed by atoms with van der Waals surface area (Å²) in [6.07, 6.45) is 0. The number of benzene rings is 2. The molecule has 1 aromatic heterocycles. The molecule has 0 spiro atoms. The predicted octanol–water partition coefficient (Wildman–Crippen LogP) is 3.13. The Morgan fingerprint density at radius 2 is 1.79 bits per heavy atom. The zero-order valence-corrected chi connectivity index (χ0v) is 16.6. The average Bonchev–Trinajstić information content (AvgIpc) is 3.06. The summed E-state index contributed by atoms with van der Waals surface area (Å²) in [5.41, 5.74) is 1.26. The zero-order chi connectivity index (χ0) is 19.9. The van der Waals surface area contributed by atoms with E-state index < -0.39 is 0 Å². The maximum Gasteiger partial charge on any atom is 0.251 e. The van der Waals surface area contributed by atoms with Crippen molar-refractivity contribution in [1.29, 1.82) is 0 Å². The highest BCUT2D eigenvalue weighted by Gasteiger charge is 2.13. The highest BCUT2D eigenvalue weighted by atomic mass is 35.5. The number of nitrogens with one attached hydrogen (secondary N) is 2. The van der Waals surface area contributed by atoms with Gasteiger partial charge in [0.05, 0.1) is 12.3 Å². The van der Waals surface area contributed by atoms with Crippen molar-refractivity contribution in [3.8, 4) is 0 Å². The smallest absolute Gasteiger partial charge is 0.251 e. The molecule has 0 radical (unpaired) electrons. The van der Waals surface area contributed by atoms with Crippen LogP contribution in [0.25, 0.3) is 0 Å². The van der Waals surface area contributed by atoms with Crippen molar-refractivity contribution in [2.24, 2.45) is 7.05 Å². The van der Waals surface area contributed by atoms with Gasteiger partial charge in [-0.2, -0.15) is 0 Å². The molecule has 0 fully saturated rings. The van der Waals surface area contributed by atoms with E-state index in [9.17, 15) is 9.59 Å². The van der Waals surface area contributed by atoms with Crippen molar-refractivity contribution >= 4 is 40.9 Å². The Morgan fingerprint density at radius 3 is 2.50 bits per heavy atom. The molecule has 7 nitrogen and oxygen atoms in total. The van der Waals surface area contributed by atoms with Gasteiger partial charge in [-0.15, -0.1) is 10.2 Å². The third kappa shape index (κ3) is 5.34. The molecule has 3 aromatic rings. The number of carbonyl (C=O) groups excluding carboxylic acids is 2. The van der Waals surface area contributed by atoms with Crippen LogP contribution in [0.3, 0.4) is 0 Å². The van der Waals surface area contributed by atoms with Crippen molar-refractivity contribution in [2.75, 3.05) is 11.1 Å². The van der Waals surface area contributed by atoms with E-state index in [1.807, 2.05) is 6.07 Å². The summed E-state index contributed by atoms with van der Waals surface area (Å²) in [6.45, 7) is 0.245. The van der Waals surface area contributed by atoms with Crippen LogP contribution in [0.2, 0.25) is 5.02 Å². The summed E-state index contributed by atoms with van der Waals surface area (Å²) in [5.74, 6) is 0.449. The normalized spacial score (nSPS) is 10.5. The van der Waals surface area contributed by atoms with Crippen molar-refractivity contribution in [3.05, 3.63) is 71.0 Å². The fourth-order valence-electron chi connectivity index (χ4n) is 2.34. The molecule has 0 atom stereocenters. The number of aromatic nitrogens is 3. The number of thioether (sulfide) groups is 1. The number of rotatable bonds is 7. The molecule has 0 aliphatic rings. The molecule has 0 aliphatic carbocycles. The zero-order valence-electron chi connectivity index (χ0n) is 15.1.